The van der Waals surface area contributed by atoms with Gasteiger partial charge in [-0.3, -0.25) is 0 Å². The van der Waals surface area contributed by atoms with Crippen LogP contribution in [0.5, 0.6) is 0 Å². The maximum atomic E-state index is 10.0. The Bertz CT molecular complexity index is 591. The molecule has 0 amide bonds. The van der Waals surface area contributed by atoms with Crippen LogP contribution in [-0.2, 0) is 12.8 Å². The second-order valence-electron chi connectivity index (χ2n) is 5.34. The molecule has 1 aromatic heterocycles. The van der Waals surface area contributed by atoms with E-state index in [2.05, 4.69) is 4.98 Å². The van der Waals surface area contributed by atoms with Crippen LogP contribution >= 0.6 is 0 Å². The van der Waals surface area contributed by atoms with E-state index < -0.39 is 12.2 Å². The van der Waals surface area contributed by atoms with E-state index in [0.717, 1.165) is 23.9 Å². The van der Waals surface area contributed by atoms with Crippen molar-refractivity contribution in [2.45, 2.75) is 37.9 Å². The van der Waals surface area contributed by atoms with E-state index in [1.54, 1.807) is 0 Å². The fourth-order valence-electron chi connectivity index (χ4n) is 2.96. The highest BCUT2D eigenvalue weighted by molar-refractivity contribution is 5.85. The monoisotopic (exact) mass is 260 g/mol. The minimum Gasteiger partial charge on any atom is -0.389 e. The van der Waals surface area contributed by atoms with E-state index in [9.17, 15) is 10.2 Å². The predicted molar refractivity (Wildman–Crippen MR) is 75.0 cm³/mol. The smallest absolute Gasteiger partial charge is 0.106 e. The number of aliphatic hydroxyl groups excluding tert-OH is 2. The van der Waals surface area contributed by atoms with Crippen molar-refractivity contribution in [1.82, 2.24) is 4.98 Å². The van der Waals surface area contributed by atoms with Gasteiger partial charge in [-0.2, -0.15) is 0 Å². The average molecular weight is 260 g/mol. The Morgan fingerprint density at radius 3 is 2.79 bits per heavy atom. The highest BCUT2D eigenvalue weighted by atomic mass is 16.3. The Morgan fingerprint density at radius 1 is 1.21 bits per heavy atom. The molecule has 2 aromatic rings. The predicted octanol–water partition coefficient (Wildman–Crippen LogP) is 1.40. The van der Waals surface area contributed by atoms with Gasteiger partial charge in [0.2, 0.25) is 0 Å². The first-order valence-electron chi connectivity index (χ1n) is 6.90. The van der Waals surface area contributed by atoms with Crippen molar-refractivity contribution in [1.29, 1.82) is 0 Å². The van der Waals surface area contributed by atoms with Gasteiger partial charge in [0.1, 0.15) is 6.10 Å². The van der Waals surface area contributed by atoms with Crippen molar-refractivity contribution in [2.75, 3.05) is 6.54 Å². The van der Waals surface area contributed by atoms with Crippen LogP contribution in [0.1, 0.15) is 35.8 Å². The van der Waals surface area contributed by atoms with Crippen molar-refractivity contribution in [3.63, 3.8) is 0 Å². The molecule has 0 aliphatic heterocycles. The molecule has 3 rings (SSSR count). The van der Waals surface area contributed by atoms with Crippen molar-refractivity contribution < 1.29 is 10.2 Å². The van der Waals surface area contributed by atoms with Crippen LogP contribution in [0.3, 0.4) is 0 Å². The van der Waals surface area contributed by atoms with Gasteiger partial charge in [-0.15, -0.1) is 0 Å². The molecule has 1 heterocycles. The number of rotatable bonds is 3. The van der Waals surface area contributed by atoms with E-state index in [0.29, 0.717) is 0 Å². The van der Waals surface area contributed by atoms with E-state index in [1.165, 1.54) is 29.5 Å². The molecular formula is C15H20N2O2. The lowest BCUT2D eigenvalue weighted by Gasteiger charge is -2.16. The fraction of sp³-hybridized carbons (Fsp3) is 0.467. The maximum absolute atomic E-state index is 10.0. The van der Waals surface area contributed by atoms with Crippen LogP contribution < -0.4 is 5.73 Å². The summed E-state index contributed by atoms with van der Waals surface area (Å²) in [6.07, 6.45) is 2.83. The first kappa shape index (κ1) is 12.7. The van der Waals surface area contributed by atoms with Crippen LogP contribution in [0.4, 0.5) is 0 Å². The first-order chi connectivity index (χ1) is 9.20. The standard InChI is InChI=1S/C15H20N2O2/c16-8-14(18)15(19)9-5-6-13-11(7-9)10-3-1-2-4-12(10)17-13/h5-7,14-15,17-19H,1-4,8,16H2. The Morgan fingerprint density at radius 2 is 2.00 bits per heavy atom. The van der Waals surface area contributed by atoms with Gasteiger partial charge in [-0.05, 0) is 48.9 Å². The largest absolute Gasteiger partial charge is 0.389 e. The van der Waals surface area contributed by atoms with Gasteiger partial charge in [0.05, 0.1) is 6.10 Å². The van der Waals surface area contributed by atoms with Crippen LogP contribution in [0.25, 0.3) is 10.9 Å². The molecule has 0 spiro atoms. The molecule has 4 heteroatoms. The lowest BCUT2D eigenvalue weighted by atomic mass is 9.94. The topological polar surface area (TPSA) is 82.3 Å². The van der Waals surface area contributed by atoms with Crippen molar-refractivity contribution in [3.05, 3.63) is 35.0 Å². The molecule has 0 bridgehead atoms. The average Bonchev–Trinajstić information content (AvgIpc) is 2.83. The number of aromatic nitrogens is 1. The number of nitrogens with two attached hydrogens (primary N) is 1. The van der Waals surface area contributed by atoms with Crippen LogP contribution in [-0.4, -0.2) is 27.8 Å². The summed E-state index contributed by atoms with van der Waals surface area (Å²) >= 11 is 0. The Hall–Kier alpha value is -1.36. The minimum atomic E-state index is -0.913. The summed E-state index contributed by atoms with van der Waals surface area (Å²) in [6, 6.07) is 5.82. The number of benzene rings is 1. The number of aryl methyl sites for hydroxylation is 2. The summed E-state index contributed by atoms with van der Waals surface area (Å²) in [5.41, 5.74) is 9.95. The third kappa shape index (κ3) is 2.16. The van der Waals surface area contributed by atoms with Gasteiger partial charge in [-0.25, -0.2) is 0 Å². The molecule has 1 aliphatic carbocycles. The summed E-state index contributed by atoms with van der Waals surface area (Å²) in [4.78, 5) is 3.46. The summed E-state index contributed by atoms with van der Waals surface area (Å²) < 4.78 is 0. The highest BCUT2D eigenvalue weighted by Crippen LogP contribution is 2.31. The van der Waals surface area contributed by atoms with Gasteiger partial charge >= 0.3 is 0 Å². The van der Waals surface area contributed by atoms with Crippen LogP contribution in [0.15, 0.2) is 18.2 Å². The third-order valence-electron chi connectivity index (χ3n) is 4.07. The van der Waals surface area contributed by atoms with Crippen molar-refractivity contribution in [3.8, 4) is 0 Å². The molecule has 19 heavy (non-hydrogen) atoms. The lowest BCUT2D eigenvalue weighted by molar-refractivity contribution is 0.0244. The van der Waals surface area contributed by atoms with E-state index in [1.807, 2.05) is 18.2 Å². The van der Waals surface area contributed by atoms with E-state index >= 15 is 0 Å². The van der Waals surface area contributed by atoms with Gasteiger partial charge in [0.25, 0.3) is 0 Å². The zero-order valence-electron chi connectivity index (χ0n) is 10.9. The Labute approximate surface area is 112 Å². The van der Waals surface area contributed by atoms with E-state index in [-0.39, 0.29) is 6.54 Å². The van der Waals surface area contributed by atoms with Crippen molar-refractivity contribution >= 4 is 10.9 Å². The molecule has 0 fully saturated rings. The highest BCUT2D eigenvalue weighted by Gasteiger charge is 2.20. The molecule has 5 N–H and O–H groups in total. The molecule has 102 valence electrons. The number of aliphatic hydroxyl groups is 2. The summed E-state index contributed by atoms with van der Waals surface area (Å²) in [5, 5.41) is 20.9. The van der Waals surface area contributed by atoms with Crippen LogP contribution in [0.2, 0.25) is 0 Å². The van der Waals surface area contributed by atoms with Gasteiger partial charge in [0.15, 0.2) is 0 Å². The summed E-state index contributed by atoms with van der Waals surface area (Å²) in [7, 11) is 0. The number of nitrogens with one attached hydrogen (secondary N) is 1. The molecule has 0 radical (unpaired) electrons. The summed E-state index contributed by atoms with van der Waals surface area (Å²) in [5.74, 6) is 0. The van der Waals surface area contributed by atoms with Gasteiger partial charge in [-0.1, -0.05) is 6.07 Å². The molecule has 0 saturated carbocycles. The quantitative estimate of drug-likeness (QED) is 0.673. The lowest BCUT2D eigenvalue weighted by Crippen LogP contribution is -2.27. The normalized spacial score (nSPS) is 18.3. The number of hydrogen-bond acceptors (Lipinski definition) is 3. The molecule has 0 saturated heterocycles. The first-order valence-corrected chi connectivity index (χ1v) is 6.90. The van der Waals surface area contributed by atoms with Gasteiger partial charge < -0.3 is 20.9 Å². The van der Waals surface area contributed by atoms with Crippen LogP contribution in [0, 0.1) is 0 Å². The Kier molecular flexibility index (Phi) is 3.31. The Balaban J connectivity index is 2.04. The molecule has 1 aromatic carbocycles. The number of H-pyrrole nitrogens is 1. The van der Waals surface area contributed by atoms with Crippen molar-refractivity contribution in [2.24, 2.45) is 5.73 Å². The molecular weight excluding hydrogens is 240 g/mol. The molecule has 2 unspecified atom stereocenters. The van der Waals surface area contributed by atoms with E-state index in [4.69, 9.17) is 5.73 Å². The third-order valence-corrected chi connectivity index (χ3v) is 4.07. The zero-order valence-corrected chi connectivity index (χ0v) is 10.9. The molecule has 1 aliphatic rings. The minimum absolute atomic E-state index is 0.0600. The summed E-state index contributed by atoms with van der Waals surface area (Å²) in [6.45, 7) is 0.0600. The second-order valence-corrected chi connectivity index (χ2v) is 5.34. The molecule has 2 atom stereocenters. The number of aromatic amines is 1. The second kappa shape index (κ2) is 4.96. The zero-order chi connectivity index (χ0) is 13.4. The number of fused-ring (bicyclic) bond motifs is 3. The van der Waals surface area contributed by atoms with Gasteiger partial charge in [0, 0.05) is 23.1 Å². The number of hydrogen-bond donors (Lipinski definition) is 4. The SMILES string of the molecule is NCC(O)C(O)c1ccc2[nH]c3c(c2c1)CCCC3. The maximum Gasteiger partial charge on any atom is 0.106 e. The fourth-order valence-corrected chi connectivity index (χ4v) is 2.96. The molecule has 4 nitrogen and oxygen atoms in total.